The maximum Gasteiger partial charge on any atom is 0.443 e. The zero-order valence-corrected chi connectivity index (χ0v) is 10.4. The normalized spacial score (nSPS) is 11.8. The van der Waals surface area contributed by atoms with E-state index in [1.807, 2.05) is 13.0 Å². The molecule has 96 valence electrons. The fourth-order valence-electron chi connectivity index (χ4n) is 1.60. The second-order valence-electron chi connectivity index (χ2n) is 3.79. The summed E-state index contributed by atoms with van der Waals surface area (Å²) in [6, 6.07) is 5.23. The van der Waals surface area contributed by atoms with E-state index in [1.54, 1.807) is 12.1 Å². The first-order valence-electron chi connectivity index (χ1n) is 5.33. The molecule has 1 heterocycles. The van der Waals surface area contributed by atoms with Crippen LogP contribution in [0.5, 0.6) is 0 Å². The minimum atomic E-state index is -4.38. The van der Waals surface area contributed by atoms with E-state index in [0.717, 1.165) is 12.0 Å². The van der Waals surface area contributed by atoms with E-state index < -0.39 is 11.2 Å². The molecule has 2 aromatic rings. The summed E-state index contributed by atoms with van der Waals surface area (Å²) < 4.78 is 37.4. The maximum absolute atomic E-state index is 12.5. The molecule has 0 bridgehead atoms. The number of nitrogens with zero attached hydrogens (tertiary/aromatic N) is 1. The number of aromatic nitrogens is 1. The second-order valence-corrected chi connectivity index (χ2v) is 4.83. The molecule has 0 aliphatic carbocycles. The molecule has 2 N–H and O–H groups in total. The average molecular weight is 272 g/mol. The average Bonchev–Trinajstić information content (AvgIpc) is 2.78. The van der Waals surface area contributed by atoms with E-state index in [9.17, 15) is 13.2 Å². The van der Waals surface area contributed by atoms with Crippen molar-refractivity contribution in [3.63, 3.8) is 0 Å². The minimum Gasteiger partial charge on any atom is -0.399 e. The number of hydrogen-bond donors (Lipinski definition) is 1. The van der Waals surface area contributed by atoms with Crippen LogP contribution in [-0.4, -0.2) is 4.98 Å². The van der Waals surface area contributed by atoms with E-state index >= 15 is 0 Å². The zero-order chi connectivity index (χ0) is 13.3. The van der Waals surface area contributed by atoms with Crippen molar-refractivity contribution in [2.45, 2.75) is 19.5 Å². The molecule has 0 aliphatic heterocycles. The lowest BCUT2D eigenvalue weighted by atomic mass is 10.1. The van der Waals surface area contributed by atoms with Crippen molar-refractivity contribution in [3.05, 3.63) is 35.0 Å². The summed E-state index contributed by atoms with van der Waals surface area (Å²) in [5, 5.41) is -0.827. The Morgan fingerprint density at radius 1 is 1.33 bits per heavy atom. The van der Waals surface area contributed by atoms with Gasteiger partial charge in [-0.2, -0.15) is 13.2 Å². The molecule has 0 radical (unpaired) electrons. The third-order valence-corrected chi connectivity index (χ3v) is 3.65. The van der Waals surface area contributed by atoms with Crippen LogP contribution in [0.3, 0.4) is 0 Å². The van der Waals surface area contributed by atoms with Gasteiger partial charge in [0.15, 0.2) is 5.01 Å². The van der Waals surface area contributed by atoms with Gasteiger partial charge in [-0.3, -0.25) is 0 Å². The van der Waals surface area contributed by atoms with Gasteiger partial charge in [-0.05, 0) is 29.7 Å². The van der Waals surface area contributed by atoms with Crippen molar-refractivity contribution < 1.29 is 13.2 Å². The maximum atomic E-state index is 12.5. The number of nitrogens with two attached hydrogens (primary N) is 1. The molecule has 6 heteroatoms. The van der Waals surface area contributed by atoms with Gasteiger partial charge in [0.1, 0.15) is 0 Å². The number of thiazole rings is 1. The summed E-state index contributed by atoms with van der Waals surface area (Å²) >= 11 is 0.641. The van der Waals surface area contributed by atoms with Gasteiger partial charge in [0.05, 0.1) is 4.88 Å². The minimum absolute atomic E-state index is 0.497. The van der Waals surface area contributed by atoms with Gasteiger partial charge in [0, 0.05) is 11.9 Å². The van der Waals surface area contributed by atoms with Crippen molar-refractivity contribution in [3.8, 4) is 10.4 Å². The molecule has 0 saturated carbocycles. The largest absolute Gasteiger partial charge is 0.443 e. The molecule has 0 atom stereocenters. The lowest BCUT2D eigenvalue weighted by Gasteiger charge is -2.05. The molecule has 1 aromatic heterocycles. The molecule has 0 unspecified atom stereocenters. The summed E-state index contributed by atoms with van der Waals surface area (Å²) in [6.45, 7) is 1.95. The van der Waals surface area contributed by atoms with Gasteiger partial charge in [0.2, 0.25) is 0 Å². The fourth-order valence-corrected chi connectivity index (χ4v) is 2.38. The van der Waals surface area contributed by atoms with Crippen molar-refractivity contribution in [2.24, 2.45) is 0 Å². The van der Waals surface area contributed by atoms with Gasteiger partial charge in [-0.25, -0.2) is 4.98 Å². The molecule has 0 spiro atoms. The standard InChI is InChI=1S/C12H11F3N2S/c1-2-7-5-8(3-4-9(7)16)10-6-17-11(18-10)12(13,14)15/h3-6H,2,16H2,1H3. The van der Waals surface area contributed by atoms with Crippen LogP contribution in [0.4, 0.5) is 18.9 Å². The van der Waals surface area contributed by atoms with Crippen molar-refractivity contribution >= 4 is 17.0 Å². The zero-order valence-electron chi connectivity index (χ0n) is 9.58. The van der Waals surface area contributed by atoms with Crippen LogP contribution >= 0.6 is 11.3 Å². The Morgan fingerprint density at radius 2 is 2.06 bits per heavy atom. The smallest absolute Gasteiger partial charge is 0.399 e. The van der Waals surface area contributed by atoms with Gasteiger partial charge >= 0.3 is 6.18 Å². The number of rotatable bonds is 2. The summed E-state index contributed by atoms with van der Waals surface area (Å²) in [6.07, 6.45) is -2.40. The molecule has 0 saturated heterocycles. The van der Waals surface area contributed by atoms with Crippen molar-refractivity contribution in [1.29, 1.82) is 0 Å². The quantitative estimate of drug-likeness (QED) is 0.840. The highest BCUT2D eigenvalue weighted by Crippen LogP contribution is 2.36. The van der Waals surface area contributed by atoms with Crippen LogP contribution in [0.1, 0.15) is 17.5 Å². The summed E-state index contributed by atoms with van der Waals surface area (Å²) in [5.74, 6) is 0. The highest BCUT2D eigenvalue weighted by atomic mass is 32.1. The highest BCUT2D eigenvalue weighted by molar-refractivity contribution is 7.15. The van der Waals surface area contributed by atoms with E-state index in [2.05, 4.69) is 4.98 Å². The van der Waals surface area contributed by atoms with E-state index in [1.165, 1.54) is 6.20 Å². The van der Waals surface area contributed by atoms with Gasteiger partial charge in [-0.15, -0.1) is 11.3 Å². The van der Waals surface area contributed by atoms with E-state index in [4.69, 9.17) is 5.73 Å². The molecule has 1 aromatic carbocycles. The summed E-state index contributed by atoms with van der Waals surface area (Å²) in [4.78, 5) is 3.90. The van der Waals surface area contributed by atoms with E-state index in [0.29, 0.717) is 27.5 Å². The summed E-state index contributed by atoms with van der Waals surface area (Å²) in [5.41, 5.74) is 8.06. The number of aryl methyl sites for hydroxylation is 1. The number of halogens is 3. The Balaban J connectivity index is 2.40. The predicted molar refractivity (Wildman–Crippen MR) is 66.3 cm³/mol. The van der Waals surface area contributed by atoms with Crippen molar-refractivity contribution in [2.75, 3.05) is 5.73 Å². The highest BCUT2D eigenvalue weighted by Gasteiger charge is 2.34. The molecule has 2 rings (SSSR count). The molecule has 18 heavy (non-hydrogen) atoms. The Hall–Kier alpha value is -1.56. The molecule has 2 nitrogen and oxygen atoms in total. The predicted octanol–water partition coefficient (Wildman–Crippen LogP) is 3.97. The SMILES string of the molecule is CCc1cc(-c2cnc(C(F)(F)F)s2)ccc1N. The van der Waals surface area contributed by atoms with Gasteiger partial charge < -0.3 is 5.73 Å². The molecular weight excluding hydrogens is 261 g/mol. The number of hydrogen-bond acceptors (Lipinski definition) is 3. The Kier molecular flexibility index (Phi) is 3.30. The van der Waals surface area contributed by atoms with Crippen LogP contribution < -0.4 is 5.73 Å². The third kappa shape index (κ3) is 2.48. The van der Waals surface area contributed by atoms with Crippen LogP contribution in [0.25, 0.3) is 10.4 Å². The van der Waals surface area contributed by atoms with Gasteiger partial charge in [-0.1, -0.05) is 13.0 Å². The van der Waals surface area contributed by atoms with Crippen LogP contribution in [0, 0.1) is 0 Å². The van der Waals surface area contributed by atoms with E-state index in [-0.39, 0.29) is 0 Å². The lowest BCUT2D eigenvalue weighted by molar-refractivity contribution is -0.137. The second kappa shape index (κ2) is 4.61. The molecule has 0 aliphatic rings. The van der Waals surface area contributed by atoms with Crippen LogP contribution in [0.15, 0.2) is 24.4 Å². The first-order valence-corrected chi connectivity index (χ1v) is 6.15. The fraction of sp³-hybridized carbons (Fsp3) is 0.250. The number of benzene rings is 1. The molecule has 0 fully saturated rings. The van der Waals surface area contributed by atoms with Gasteiger partial charge in [0.25, 0.3) is 0 Å². The number of nitrogen functional groups attached to an aromatic ring is 1. The number of alkyl halides is 3. The Bertz CT molecular complexity index is 561. The Morgan fingerprint density at radius 3 is 2.61 bits per heavy atom. The third-order valence-electron chi connectivity index (χ3n) is 2.56. The topological polar surface area (TPSA) is 38.9 Å². The van der Waals surface area contributed by atoms with Crippen LogP contribution in [0.2, 0.25) is 0 Å². The lowest BCUT2D eigenvalue weighted by Crippen LogP contribution is -2.02. The Labute approximate surface area is 106 Å². The van der Waals surface area contributed by atoms with Crippen molar-refractivity contribution in [1.82, 2.24) is 4.98 Å². The number of anilines is 1. The van der Waals surface area contributed by atoms with Crippen LogP contribution in [-0.2, 0) is 12.6 Å². The first kappa shape index (κ1) is 12.9. The molecule has 0 amide bonds. The molecular formula is C12H11F3N2S. The summed E-state index contributed by atoms with van der Waals surface area (Å²) in [7, 11) is 0. The first-order chi connectivity index (χ1) is 8.41. The monoisotopic (exact) mass is 272 g/mol.